The van der Waals surface area contributed by atoms with Gasteiger partial charge in [0.1, 0.15) is 21.2 Å². The topological polar surface area (TPSA) is 80.7 Å². The fourth-order valence-electron chi connectivity index (χ4n) is 2.76. The molecule has 4 rings (SSSR count). The standard InChI is InChI=1S/C20H19N5OS3/c1-4-15-24-25-20(29-15)23-17(26)12(3)28-19-16-14(9-27-18(16)21-10-22-19)13-7-5-11(2)6-8-13/h5-10,12H,4H2,1-3H3,(H,23,25,26). The summed E-state index contributed by atoms with van der Waals surface area (Å²) >= 11 is 4.42. The van der Waals surface area contributed by atoms with Gasteiger partial charge in [0.2, 0.25) is 11.0 Å². The summed E-state index contributed by atoms with van der Waals surface area (Å²) in [5.41, 5.74) is 3.43. The monoisotopic (exact) mass is 441 g/mol. The molecule has 0 saturated carbocycles. The van der Waals surface area contributed by atoms with Crippen molar-refractivity contribution in [3.8, 4) is 11.1 Å². The highest BCUT2D eigenvalue weighted by Crippen LogP contribution is 2.39. The molecule has 0 aliphatic rings. The number of hydrogen-bond donors (Lipinski definition) is 1. The minimum atomic E-state index is -0.340. The number of aryl methyl sites for hydroxylation is 2. The number of nitrogens with one attached hydrogen (secondary N) is 1. The lowest BCUT2D eigenvalue weighted by atomic mass is 10.1. The van der Waals surface area contributed by atoms with Gasteiger partial charge >= 0.3 is 0 Å². The van der Waals surface area contributed by atoms with Crippen molar-refractivity contribution >= 4 is 55.7 Å². The van der Waals surface area contributed by atoms with Crippen molar-refractivity contribution in [3.05, 3.63) is 46.5 Å². The highest BCUT2D eigenvalue weighted by atomic mass is 32.2. The van der Waals surface area contributed by atoms with E-state index >= 15 is 0 Å². The average Bonchev–Trinajstić information content (AvgIpc) is 3.36. The van der Waals surface area contributed by atoms with Crippen LogP contribution in [0.15, 0.2) is 41.0 Å². The van der Waals surface area contributed by atoms with Crippen molar-refractivity contribution in [1.29, 1.82) is 0 Å². The Labute approximate surface area is 180 Å². The normalized spacial score (nSPS) is 12.2. The van der Waals surface area contributed by atoms with E-state index in [2.05, 4.69) is 62.1 Å². The first kappa shape index (κ1) is 19.9. The molecule has 0 bridgehead atoms. The first-order valence-corrected chi connectivity index (χ1v) is 11.7. The van der Waals surface area contributed by atoms with Gasteiger partial charge in [-0.05, 0) is 25.8 Å². The molecule has 0 spiro atoms. The summed E-state index contributed by atoms with van der Waals surface area (Å²) in [7, 11) is 0. The van der Waals surface area contributed by atoms with E-state index in [4.69, 9.17) is 0 Å². The number of carbonyl (C=O) groups excluding carboxylic acids is 1. The summed E-state index contributed by atoms with van der Waals surface area (Å²) in [5.74, 6) is -0.118. The van der Waals surface area contributed by atoms with E-state index in [1.54, 1.807) is 17.7 Å². The zero-order chi connectivity index (χ0) is 20.4. The number of rotatable bonds is 6. The summed E-state index contributed by atoms with van der Waals surface area (Å²) in [4.78, 5) is 22.5. The van der Waals surface area contributed by atoms with E-state index < -0.39 is 0 Å². The largest absolute Gasteiger partial charge is 0.300 e. The minimum absolute atomic E-state index is 0.118. The molecule has 3 aromatic heterocycles. The van der Waals surface area contributed by atoms with Crippen LogP contribution in [-0.4, -0.2) is 31.3 Å². The van der Waals surface area contributed by atoms with Gasteiger partial charge in [-0.2, -0.15) is 0 Å². The number of amides is 1. The van der Waals surface area contributed by atoms with Crippen molar-refractivity contribution < 1.29 is 4.79 Å². The maximum atomic E-state index is 12.6. The molecular formula is C20H19N5OS3. The fraction of sp³-hybridized carbons (Fsp3) is 0.250. The van der Waals surface area contributed by atoms with Gasteiger partial charge in [-0.1, -0.05) is 59.9 Å². The maximum absolute atomic E-state index is 12.6. The van der Waals surface area contributed by atoms with Crippen LogP contribution >= 0.6 is 34.4 Å². The Morgan fingerprint density at radius 3 is 2.72 bits per heavy atom. The Morgan fingerprint density at radius 2 is 2.00 bits per heavy atom. The van der Waals surface area contributed by atoms with Crippen LogP contribution in [0.4, 0.5) is 5.13 Å². The van der Waals surface area contributed by atoms with Gasteiger partial charge < -0.3 is 0 Å². The van der Waals surface area contributed by atoms with Crippen LogP contribution in [0, 0.1) is 6.92 Å². The van der Waals surface area contributed by atoms with Crippen molar-refractivity contribution in [3.63, 3.8) is 0 Å². The molecule has 0 radical (unpaired) electrons. The highest BCUT2D eigenvalue weighted by molar-refractivity contribution is 8.00. The number of aromatic nitrogens is 4. The molecule has 29 heavy (non-hydrogen) atoms. The van der Waals surface area contributed by atoms with Crippen LogP contribution in [0.2, 0.25) is 0 Å². The van der Waals surface area contributed by atoms with Gasteiger partial charge in [0.05, 0.1) is 10.6 Å². The molecule has 1 N–H and O–H groups in total. The number of thiophene rings is 1. The average molecular weight is 442 g/mol. The van der Waals surface area contributed by atoms with Gasteiger partial charge in [-0.3, -0.25) is 10.1 Å². The van der Waals surface area contributed by atoms with Crippen LogP contribution in [0.5, 0.6) is 0 Å². The number of nitrogens with zero attached hydrogens (tertiary/aromatic N) is 4. The van der Waals surface area contributed by atoms with Gasteiger partial charge in [-0.15, -0.1) is 21.5 Å². The Hall–Kier alpha value is -2.36. The summed E-state index contributed by atoms with van der Waals surface area (Å²) in [5, 5.41) is 15.9. The number of anilines is 1. The van der Waals surface area contributed by atoms with Crippen molar-refractivity contribution in [2.45, 2.75) is 37.5 Å². The summed E-state index contributed by atoms with van der Waals surface area (Å²) in [6.07, 6.45) is 2.36. The molecule has 3 heterocycles. The zero-order valence-corrected chi connectivity index (χ0v) is 18.6. The second-order valence-electron chi connectivity index (χ2n) is 6.48. The number of hydrogen-bond acceptors (Lipinski definition) is 8. The van der Waals surface area contributed by atoms with Crippen LogP contribution in [0.3, 0.4) is 0 Å². The Kier molecular flexibility index (Phi) is 5.89. The third kappa shape index (κ3) is 4.31. The third-order valence-corrected chi connectivity index (χ3v) is 7.32. The lowest BCUT2D eigenvalue weighted by Crippen LogP contribution is -2.22. The summed E-state index contributed by atoms with van der Waals surface area (Å²) in [6, 6.07) is 8.40. The van der Waals surface area contributed by atoms with Gasteiger partial charge in [0, 0.05) is 10.9 Å². The Morgan fingerprint density at radius 1 is 1.21 bits per heavy atom. The van der Waals surface area contributed by atoms with Crippen LogP contribution in [0.1, 0.15) is 24.4 Å². The summed E-state index contributed by atoms with van der Waals surface area (Å²) in [6.45, 7) is 5.95. The number of benzene rings is 1. The number of fused-ring (bicyclic) bond motifs is 1. The van der Waals surface area contributed by atoms with E-state index in [1.807, 2.05) is 13.8 Å². The molecule has 1 amide bonds. The lowest BCUT2D eigenvalue weighted by molar-refractivity contribution is -0.115. The molecule has 6 nitrogen and oxygen atoms in total. The minimum Gasteiger partial charge on any atom is -0.300 e. The Balaban J connectivity index is 1.59. The van der Waals surface area contributed by atoms with E-state index in [-0.39, 0.29) is 11.2 Å². The van der Waals surface area contributed by atoms with E-state index in [1.165, 1.54) is 28.7 Å². The van der Waals surface area contributed by atoms with E-state index in [0.29, 0.717) is 5.13 Å². The Bertz CT molecular complexity index is 1150. The van der Waals surface area contributed by atoms with Crippen molar-refractivity contribution in [2.75, 3.05) is 5.32 Å². The SMILES string of the molecule is CCc1nnc(NC(=O)C(C)Sc2ncnc3scc(-c4ccc(C)cc4)c23)s1. The molecule has 1 unspecified atom stereocenters. The van der Waals surface area contributed by atoms with Crippen LogP contribution < -0.4 is 5.32 Å². The molecule has 0 saturated heterocycles. The molecule has 4 aromatic rings. The second-order valence-corrected chi connectivity index (χ2v) is 9.73. The fourth-order valence-corrected chi connectivity index (χ4v) is 5.35. The van der Waals surface area contributed by atoms with Gasteiger partial charge in [0.15, 0.2) is 0 Å². The number of carbonyl (C=O) groups is 1. The maximum Gasteiger partial charge on any atom is 0.239 e. The lowest BCUT2D eigenvalue weighted by Gasteiger charge is -2.11. The van der Waals surface area contributed by atoms with Crippen LogP contribution in [-0.2, 0) is 11.2 Å². The third-order valence-electron chi connectivity index (χ3n) is 4.36. The van der Waals surface area contributed by atoms with E-state index in [0.717, 1.165) is 37.8 Å². The first-order valence-electron chi connectivity index (χ1n) is 9.14. The molecular weight excluding hydrogens is 422 g/mol. The molecule has 0 aliphatic heterocycles. The molecule has 9 heteroatoms. The molecule has 0 fully saturated rings. The van der Waals surface area contributed by atoms with Crippen molar-refractivity contribution in [1.82, 2.24) is 20.2 Å². The molecule has 1 atom stereocenters. The summed E-state index contributed by atoms with van der Waals surface area (Å²) < 4.78 is 0. The number of thioether (sulfide) groups is 1. The predicted molar refractivity (Wildman–Crippen MR) is 121 cm³/mol. The smallest absolute Gasteiger partial charge is 0.239 e. The predicted octanol–water partition coefficient (Wildman–Crippen LogP) is 5.20. The zero-order valence-electron chi connectivity index (χ0n) is 16.2. The molecule has 1 aromatic carbocycles. The van der Waals surface area contributed by atoms with Gasteiger partial charge in [0.25, 0.3) is 0 Å². The first-order chi connectivity index (χ1) is 14.0. The molecule has 148 valence electrons. The highest BCUT2D eigenvalue weighted by Gasteiger charge is 2.21. The quantitative estimate of drug-likeness (QED) is 0.327. The van der Waals surface area contributed by atoms with E-state index in [9.17, 15) is 4.79 Å². The van der Waals surface area contributed by atoms with Crippen LogP contribution in [0.25, 0.3) is 21.3 Å². The molecule has 0 aliphatic carbocycles. The van der Waals surface area contributed by atoms with Gasteiger partial charge in [-0.25, -0.2) is 9.97 Å². The second kappa shape index (κ2) is 8.56. The van der Waals surface area contributed by atoms with Crippen molar-refractivity contribution in [2.24, 2.45) is 0 Å².